The van der Waals surface area contributed by atoms with Crippen LogP contribution in [0.2, 0.25) is 0 Å². The van der Waals surface area contributed by atoms with E-state index in [-0.39, 0.29) is 36.0 Å². The Morgan fingerprint density at radius 1 is 0.935 bits per heavy atom. The second-order valence-electron chi connectivity index (χ2n) is 9.45. The van der Waals surface area contributed by atoms with Crippen LogP contribution in [0.4, 0.5) is 5.69 Å². The fraction of sp³-hybridized carbons (Fsp3) is 0.591. The van der Waals surface area contributed by atoms with E-state index in [9.17, 15) is 9.59 Å². The fourth-order valence-corrected chi connectivity index (χ4v) is 2.75. The van der Waals surface area contributed by atoms with E-state index < -0.39 is 0 Å². The summed E-state index contributed by atoms with van der Waals surface area (Å²) in [4.78, 5) is 28.7. The van der Waals surface area contributed by atoms with Crippen molar-refractivity contribution in [2.75, 3.05) is 31.6 Å². The molecule has 2 rings (SSSR count). The summed E-state index contributed by atoms with van der Waals surface area (Å²) in [6.45, 7) is 12.6. The predicted octanol–water partition coefficient (Wildman–Crippen LogP) is 2.03. The Morgan fingerprint density at radius 2 is 1.55 bits per heavy atom. The predicted molar refractivity (Wildman–Crippen MR) is 122 cm³/mol. The van der Waals surface area contributed by atoms with Gasteiger partial charge in [0, 0.05) is 29.3 Å². The standard InChI is InChI=1S/C22H35N5O4/c1-21(2,3)26-18(28)13-23-20(24-14-19(29)27-22(4,5)6)25-15-8-9-16-17(12-15)31-11-7-10-30-16/h8-9,12H,7,10-11,13-14H2,1-6H3,(H,26,28)(H,27,29)(H2,23,24,25). The van der Waals surface area contributed by atoms with E-state index in [1.54, 1.807) is 0 Å². The van der Waals surface area contributed by atoms with Gasteiger partial charge in [0.1, 0.15) is 6.54 Å². The molecule has 0 radical (unpaired) electrons. The van der Waals surface area contributed by atoms with Crippen LogP contribution in [0.15, 0.2) is 23.2 Å². The number of anilines is 1. The maximum absolute atomic E-state index is 12.2. The SMILES string of the molecule is CC(C)(C)NC(=O)CN=C(NCC(=O)NC(C)(C)C)Nc1ccc2c(c1)OCCCO2. The lowest BCUT2D eigenvalue weighted by atomic mass is 10.1. The molecule has 9 heteroatoms. The van der Waals surface area contributed by atoms with E-state index >= 15 is 0 Å². The highest BCUT2D eigenvalue weighted by molar-refractivity contribution is 5.97. The van der Waals surface area contributed by atoms with Gasteiger partial charge in [-0.25, -0.2) is 4.99 Å². The van der Waals surface area contributed by atoms with Gasteiger partial charge in [0.15, 0.2) is 17.5 Å². The van der Waals surface area contributed by atoms with Gasteiger partial charge >= 0.3 is 0 Å². The van der Waals surface area contributed by atoms with E-state index in [2.05, 4.69) is 26.3 Å². The summed E-state index contributed by atoms with van der Waals surface area (Å²) in [5.41, 5.74) is 0.00174. The molecule has 1 aliphatic rings. The lowest BCUT2D eigenvalue weighted by Crippen LogP contribution is -2.47. The number of aliphatic imine (C=N–C) groups is 1. The van der Waals surface area contributed by atoms with Gasteiger partial charge in [0.2, 0.25) is 11.8 Å². The first-order valence-electron chi connectivity index (χ1n) is 10.5. The quantitative estimate of drug-likeness (QED) is 0.418. The molecular formula is C22H35N5O4. The summed E-state index contributed by atoms with van der Waals surface area (Å²) in [6.07, 6.45) is 0.817. The van der Waals surface area contributed by atoms with Gasteiger partial charge in [-0.15, -0.1) is 0 Å². The average molecular weight is 434 g/mol. The summed E-state index contributed by atoms with van der Waals surface area (Å²) in [5.74, 6) is 1.23. The van der Waals surface area contributed by atoms with E-state index in [1.807, 2.05) is 59.7 Å². The van der Waals surface area contributed by atoms with E-state index in [0.29, 0.717) is 36.4 Å². The number of carbonyl (C=O) groups excluding carboxylic acids is 2. The Labute approximate surface area is 184 Å². The molecule has 0 fully saturated rings. The van der Waals surface area contributed by atoms with Gasteiger partial charge in [-0.1, -0.05) is 0 Å². The molecule has 0 unspecified atom stereocenters. The van der Waals surface area contributed by atoms with Crippen molar-refractivity contribution in [2.45, 2.75) is 59.0 Å². The number of rotatable bonds is 5. The molecule has 0 saturated carbocycles. The number of guanidine groups is 1. The van der Waals surface area contributed by atoms with Crippen LogP contribution < -0.4 is 30.7 Å². The monoisotopic (exact) mass is 433 g/mol. The number of nitrogens with one attached hydrogen (secondary N) is 4. The highest BCUT2D eigenvalue weighted by atomic mass is 16.5. The summed E-state index contributed by atoms with van der Waals surface area (Å²) >= 11 is 0. The fourth-order valence-electron chi connectivity index (χ4n) is 2.75. The van der Waals surface area contributed by atoms with E-state index in [4.69, 9.17) is 9.47 Å². The minimum absolute atomic E-state index is 0.00848. The van der Waals surface area contributed by atoms with Crippen LogP contribution in [-0.2, 0) is 9.59 Å². The van der Waals surface area contributed by atoms with Crippen LogP contribution in [0.3, 0.4) is 0 Å². The van der Waals surface area contributed by atoms with Gasteiger partial charge in [-0.05, 0) is 53.7 Å². The third-order valence-corrected chi connectivity index (χ3v) is 3.84. The first-order valence-corrected chi connectivity index (χ1v) is 10.5. The van der Waals surface area contributed by atoms with Crippen LogP contribution >= 0.6 is 0 Å². The second-order valence-corrected chi connectivity index (χ2v) is 9.45. The van der Waals surface area contributed by atoms with Gasteiger partial charge in [0.25, 0.3) is 0 Å². The number of hydrogen-bond donors (Lipinski definition) is 4. The molecule has 172 valence electrons. The number of nitrogens with zero attached hydrogens (tertiary/aromatic N) is 1. The van der Waals surface area contributed by atoms with Gasteiger partial charge in [0.05, 0.1) is 19.8 Å². The van der Waals surface area contributed by atoms with Crippen LogP contribution in [-0.4, -0.2) is 55.2 Å². The molecule has 1 aromatic carbocycles. The van der Waals surface area contributed by atoms with Gasteiger partial charge in [-0.2, -0.15) is 0 Å². The molecule has 0 atom stereocenters. The minimum atomic E-state index is -0.353. The van der Waals surface area contributed by atoms with E-state index in [0.717, 1.165) is 6.42 Å². The number of carbonyl (C=O) groups is 2. The maximum Gasteiger partial charge on any atom is 0.242 e. The molecule has 1 aromatic rings. The summed E-state index contributed by atoms with van der Waals surface area (Å²) in [7, 11) is 0. The first kappa shape index (κ1) is 24.3. The molecule has 4 N–H and O–H groups in total. The highest BCUT2D eigenvalue weighted by Crippen LogP contribution is 2.32. The van der Waals surface area contributed by atoms with Crippen LogP contribution in [0.1, 0.15) is 48.0 Å². The molecule has 0 aromatic heterocycles. The largest absolute Gasteiger partial charge is 0.490 e. The smallest absolute Gasteiger partial charge is 0.242 e. The molecule has 0 aliphatic carbocycles. The molecule has 9 nitrogen and oxygen atoms in total. The molecule has 0 spiro atoms. The topological polar surface area (TPSA) is 113 Å². The van der Waals surface area contributed by atoms with Crippen molar-refractivity contribution >= 4 is 23.5 Å². The molecule has 2 amide bonds. The van der Waals surface area contributed by atoms with Crippen molar-refractivity contribution in [1.29, 1.82) is 0 Å². The van der Waals surface area contributed by atoms with Crippen molar-refractivity contribution < 1.29 is 19.1 Å². The van der Waals surface area contributed by atoms with E-state index in [1.165, 1.54) is 0 Å². The van der Waals surface area contributed by atoms with Crippen molar-refractivity contribution in [2.24, 2.45) is 4.99 Å². The first-order chi connectivity index (χ1) is 14.4. The number of hydrogen-bond acceptors (Lipinski definition) is 5. The van der Waals surface area contributed by atoms with Crippen LogP contribution in [0.5, 0.6) is 11.5 Å². The second kappa shape index (κ2) is 10.4. The Morgan fingerprint density at radius 3 is 2.19 bits per heavy atom. The van der Waals surface area contributed by atoms with Crippen molar-refractivity contribution in [3.63, 3.8) is 0 Å². The van der Waals surface area contributed by atoms with Crippen LogP contribution in [0.25, 0.3) is 0 Å². The Balaban J connectivity index is 2.11. The van der Waals surface area contributed by atoms with Crippen molar-refractivity contribution in [3.8, 4) is 11.5 Å². The molecule has 0 bridgehead atoms. The summed E-state index contributed by atoms with van der Waals surface area (Å²) in [6, 6.07) is 5.46. The van der Waals surface area contributed by atoms with Gasteiger partial charge < -0.3 is 30.7 Å². The normalized spacial score (nSPS) is 14.3. The minimum Gasteiger partial charge on any atom is -0.490 e. The molecule has 1 aliphatic heterocycles. The zero-order valence-electron chi connectivity index (χ0n) is 19.3. The van der Waals surface area contributed by atoms with Crippen molar-refractivity contribution in [1.82, 2.24) is 16.0 Å². The summed E-state index contributed by atoms with van der Waals surface area (Å²) < 4.78 is 11.4. The molecule has 1 heterocycles. The lowest BCUT2D eigenvalue weighted by molar-refractivity contribution is -0.122. The Kier molecular flexibility index (Phi) is 8.13. The highest BCUT2D eigenvalue weighted by Gasteiger charge is 2.16. The number of fused-ring (bicyclic) bond motifs is 1. The van der Waals surface area contributed by atoms with Crippen LogP contribution in [0, 0.1) is 0 Å². The number of ether oxygens (including phenoxy) is 2. The zero-order valence-corrected chi connectivity index (χ0v) is 19.3. The van der Waals surface area contributed by atoms with Crippen molar-refractivity contribution in [3.05, 3.63) is 18.2 Å². The molecule has 0 saturated heterocycles. The molecule has 31 heavy (non-hydrogen) atoms. The summed E-state index contributed by atoms with van der Waals surface area (Å²) in [5, 5.41) is 11.9. The lowest BCUT2D eigenvalue weighted by Gasteiger charge is -2.21. The third-order valence-electron chi connectivity index (χ3n) is 3.84. The Bertz CT molecular complexity index is 809. The number of benzene rings is 1. The number of amides is 2. The Hall–Kier alpha value is -2.97. The zero-order chi connectivity index (χ0) is 23.1. The maximum atomic E-state index is 12.2. The third kappa shape index (κ3) is 9.59. The van der Waals surface area contributed by atoms with Gasteiger partial charge in [-0.3, -0.25) is 9.59 Å². The average Bonchev–Trinajstić information content (AvgIpc) is 2.86. The molecular weight excluding hydrogens is 398 g/mol.